The first-order valence-corrected chi connectivity index (χ1v) is 21.2. The summed E-state index contributed by atoms with van der Waals surface area (Å²) >= 11 is 6.37. The van der Waals surface area contributed by atoms with E-state index in [0.29, 0.717) is 35.8 Å². The van der Waals surface area contributed by atoms with Gasteiger partial charge in [-0.15, -0.1) is 0 Å². The molecule has 6 aliphatic heterocycles. The maximum absolute atomic E-state index is 15.5. The standard InChI is InChI=1S/C43H48ClFN10O4/c1-27-21-43(26-54(27)31-3-2-28(22-46)34(44)18-31)8-12-53(13-9-43)38-24-47-29(23-48-38)25-50-14-16-51(17-15-50)30-6-10-52(11-7-30)37-20-33-32(19-35(37)45)41(58)55(42(33)59)36-4-5-39(56)49-40(36)57/h2-3,18-20,23-24,27,30,36H,4-17,21,25-26H2,1H3,(H,49,56,57)/t27-,36?/m0/s1. The molecule has 2 atom stereocenters. The predicted molar refractivity (Wildman–Crippen MR) is 219 cm³/mol. The van der Waals surface area contributed by atoms with E-state index in [1.54, 1.807) is 0 Å². The van der Waals surface area contributed by atoms with Crippen LogP contribution in [0.2, 0.25) is 5.02 Å². The molecule has 4 amide bonds. The van der Waals surface area contributed by atoms with Crippen molar-refractivity contribution in [1.82, 2.24) is 30.0 Å². The highest BCUT2D eigenvalue weighted by Gasteiger charge is 2.46. The highest BCUT2D eigenvalue weighted by molar-refractivity contribution is 6.32. The molecule has 0 saturated carbocycles. The number of benzene rings is 2. The number of hydrogen-bond donors (Lipinski definition) is 1. The molecule has 0 radical (unpaired) electrons. The van der Waals surface area contributed by atoms with Crippen molar-refractivity contribution in [3.63, 3.8) is 0 Å². The number of carbonyl (C=O) groups excluding carboxylic acids is 4. The number of hydrogen-bond acceptors (Lipinski definition) is 12. The fourth-order valence-electron chi connectivity index (χ4n) is 10.3. The number of aromatic nitrogens is 2. The number of anilines is 3. The van der Waals surface area contributed by atoms with Crippen LogP contribution in [0.15, 0.2) is 42.7 Å². The van der Waals surface area contributed by atoms with Gasteiger partial charge >= 0.3 is 0 Å². The number of fused-ring (bicyclic) bond motifs is 1. The summed E-state index contributed by atoms with van der Waals surface area (Å²) in [6, 6.07) is 10.2. The molecule has 3 aromatic rings. The van der Waals surface area contributed by atoms with Crippen LogP contribution in [0.1, 0.15) is 83.8 Å². The Morgan fingerprint density at radius 1 is 0.898 bits per heavy atom. The molecule has 1 unspecified atom stereocenters. The summed E-state index contributed by atoms with van der Waals surface area (Å²) in [5.74, 6) is -2.12. The number of nitriles is 1. The average molecular weight is 823 g/mol. The minimum atomic E-state index is -1.09. The van der Waals surface area contributed by atoms with E-state index in [1.165, 1.54) is 6.07 Å². The molecule has 2 aromatic carbocycles. The Morgan fingerprint density at radius 3 is 2.29 bits per heavy atom. The Hall–Kier alpha value is -5.17. The molecule has 1 aromatic heterocycles. The van der Waals surface area contributed by atoms with Gasteiger partial charge < -0.3 is 14.7 Å². The molecule has 0 bridgehead atoms. The third-order valence-corrected chi connectivity index (χ3v) is 13.9. The van der Waals surface area contributed by atoms with E-state index in [4.69, 9.17) is 21.6 Å². The maximum Gasteiger partial charge on any atom is 0.262 e. The van der Waals surface area contributed by atoms with E-state index in [-0.39, 0.29) is 35.1 Å². The van der Waals surface area contributed by atoms with Crippen molar-refractivity contribution in [1.29, 1.82) is 5.26 Å². The predicted octanol–water partition coefficient (Wildman–Crippen LogP) is 4.21. The molecule has 5 fully saturated rings. The Kier molecular flexibility index (Phi) is 10.5. The third-order valence-electron chi connectivity index (χ3n) is 13.6. The van der Waals surface area contributed by atoms with Gasteiger partial charge in [0.05, 0.1) is 45.5 Å². The molecule has 9 rings (SSSR count). The van der Waals surface area contributed by atoms with Crippen molar-refractivity contribution in [2.24, 2.45) is 5.41 Å². The van der Waals surface area contributed by atoms with Gasteiger partial charge in [0, 0.05) is 89.6 Å². The minimum Gasteiger partial charge on any atom is -0.369 e. The van der Waals surface area contributed by atoms with Crippen LogP contribution in [0.5, 0.6) is 0 Å². The molecule has 6 aliphatic rings. The van der Waals surface area contributed by atoms with Gasteiger partial charge in [0.25, 0.3) is 11.8 Å². The van der Waals surface area contributed by atoms with E-state index in [1.807, 2.05) is 35.5 Å². The second-order valence-electron chi connectivity index (χ2n) is 17.1. The molecule has 1 N–H and O–H groups in total. The Morgan fingerprint density at radius 2 is 1.63 bits per heavy atom. The van der Waals surface area contributed by atoms with Crippen LogP contribution in [0, 0.1) is 22.6 Å². The molecule has 1 spiro atoms. The summed E-state index contributed by atoms with van der Waals surface area (Å²) in [4.78, 5) is 72.8. The van der Waals surface area contributed by atoms with E-state index in [9.17, 15) is 24.4 Å². The Bertz CT molecular complexity index is 2210. The van der Waals surface area contributed by atoms with Crippen molar-refractivity contribution in [3.05, 3.63) is 75.9 Å². The van der Waals surface area contributed by atoms with Gasteiger partial charge in [-0.25, -0.2) is 9.37 Å². The topological polar surface area (TPSA) is 149 Å². The van der Waals surface area contributed by atoms with Crippen molar-refractivity contribution < 1.29 is 23.6 Å². The third kappa shape index (κ3) is 7.51. The number of carbonyl (C=O) groups is 4. The zero-order valence-corrected chi connectivity index (χ0v) is 34.0. The van der Waals surface area contributed by atoms with Gasteiger partial charge in [-0.1, -0.05) is 11.6 Å². The monoisotopic (exact) mass is 822 g/mol. The van der Waals surface area contributed by atoms with Crippen LogP contribution in [-0.2, 0) is 16.1 Å². The van der Waals surface area contributed by atoms with Gasteiger partial charge in [-0.3, -0.25) is 44.2 Å². The summed E-state index contributed by atoms with van der Waals surface area (Å²) in [5.41, 5.74) is 3.13. The van der Waals surface area contributed by atoms with Crippen molar-refractivity contribution in [2.45, 2.75) is 76.5 Å². The summed E-state index contributed by atoms with van der Waals surface area (Å²) in [5, 5.41) is 12.0. The first-order chi connectivity index (χ1) is 28.5. The highest BCUT2D eigenvalue weighted by atomic mass is 35.5. The quantitative estimate of drug-likeness (QED) is 0.341. The number of imide groups is 2. The molecule has 0 aliphatic carbocycles. The van der Waals surface area contributed by atoms with Crippen LogP contribution < -0.4 is 20.0 Å². The summed E-state index contributed by atoms with van der Waals surface area (Å²) in [6.07, 6.45) is 8.92. The van der Waals surface area contributed by atoms with Gasteiger partial charge in [0.2, 0.25) is 11.8 Å². The van der Waals surface area contributed by atoms with Crippen molar-refractivity contribution in [3.8, 4) is 6.07 Å². The van der Waals surface area contributed by atoms with Gasteiger partial charge in [0.1, 0.15) is 23.7 Å². The molecule has 16 heteroatoms. The van der Waals surface area contributed by atoms with Crippen LogP contribution >= 0.6 is 11.6 Å². The molecule has 7 heterocycles. The molecule has 308 valence electrons. The number of halogens is 2. The average Bonchev–Trinajstić information content (AvgIpc) is 3.68. The molecule has 14 nitrogen and oxygen atoms in total. The van der Waals surface area contributed by atoms with E-state index in [0.717, 1.165) is 113 Å². The largest absolute Gasteiger partial charge is 0.369 e. The fourth-order valence-corrected chi connectivity index (χ4v) is 10.5. The molecule has 59 heavy (non-hydrogen) atoms. The van der Waals surface area contributed by atoms with E-state index < -0.39 is 35.5 Å². The van der Waals surface area contributed by atoms with Gasteiger partial charge in [-0.2, -0.15) is 5.26 Å². The number of piperazine rings is 1. The summed E-state index contributed by atoms with van der Waals surface area (Å²) in [7, 11) is 0. The zero-order valence-electron chi connectivity index (χ0n) is 33.2. The maximum atomic E-state index is 15.5. The van der Waals surface area contributed by atoms with E-state index in [2.05, 4.69) is 37.9 Å². The van der Waals surface area contributed by atoms with Crippen molar-refractivity contribution in [2.75, 3.05) is 73.6 Å². The first kappa shape index (κ1) is 39.3. The highest BCUT2D eigenvalue weighted by Crippen LogP contribution is 2.46. The normalized spacial score (nSPS) is 24.2. The smallest absolute Gasteiger partial charge is 0.262 e. The minimum absolute atomic E-state index is 0.0257. The van der Waals surface area contributed by atoms with Crippen LogP contribution in [0.4, 0.5) is 21.6 Å². The Balaban J connectivity index is 0.730. The lowest BCUT2D eigenvalue weighted by molar-refractivity contribution is -0.136. The number of rotatable bonds is 7. The van der Waals surface area contributed by atoms with Gasteiger partial charge in [0.15, 0.2) is 0 Å². The first-order valence-electron chi connectivity index (χ1n) is 20.8. The zero-order chi connectivity index (χ0) is 41.0. The number of nitrogens with one attached hydrogen (secondary N) is 1. The van der Waals surface area contributed by atoms with E-state index >= 15 is 4.39 Å². The van der Waals surface area contributed by atoms with Crippen LogP contribution in [0.3, 0.4) is 0 Å². The number of amides is 4. The van der Waals surface area contributed by atoms with Crippen LogP contribution in [0.25, 0.3) is 0 Å². The lowest BCUT2D eigenvalue weighted by atomic mass is 9.77. The number of nitrogens with zero attached hydrogens (tertiary/aromatic N) is 9. The second kappa shape index (κ2) is 15.8. The summed E-state index contributed by atoms with van der Waals surface area (Å²) < 4.78 is 15.5. The van der Waals surface area contributed by atoms with Gasteiger partial charge in [-0.05, 0) is 81.2 Å². The summed E-state index contributed by atoms with van der Waals surface area (Å²) in [6.45, 7) is 10.8. The molecular weight excluding hydrogens is 775 g/mol. The lowest BCUT2D eigenvalue weighted by Gasteiger charge is -2.43. The number of piperidine rings is 3. The van der Waals surface area contributed by atoms with Crippen LogP contribution in [-0.4, -0.2) is 125 Å². The van der Waals surface area contributed by atoms with Crippen molar-refractivity contribution >= 4 is 52.4 Å². The SMILES string of the molecule is C[C@H]1CC2(CCN(c3cnc(CN4CCN(C5CCN(c6cc7c(cc6F)C(=O)N(C6CCC(=O)NC6=O)C7=O)CC5)CC4)cn3)CC2)CN1c1ccc(C#N)c(Cl)c1. The Labute approximate surface area is 347 Å². The molecule has 5 saturated heterocycles. The second-order valence-corrected chi connectivity index (χ2v) is 17.5. The molecular formula is C43H48ClFN10O4. The fraction of sp³-hybridized carbons (Fsp3) is 0.512. The lowest BCUT2D eigenvalue weighted by Crippen LogP contribution is -2.54.